The van der Waals surface area contributed by atoms with Crippen molar-refractivity contribution < 1.29 is 4.79 Å². The fourth-order valence-electron chi connectivity index (χ4n) is 2.91. The first-order valence-corrected chi connectivity index (χ1v) is 6.88. The first-order valence-electron chi connectivity index (χ1n) is 6.88. The molecule has 4 heteroatoms. The minimum atomic E-state index is 0.0482. The molecule has 0 radical (unpaired) electrons. The third-order valence-electron chi connectivity index (χ3n) is 3.84. The summed E-state index contributed by atoms with van der Waals surface area (Å²) < 4.78 is 0. The standard InChI is InChI=1S/C15H23N3O/c1-11-5-3-4-6-14(11)15(9-16)18-8-7-13(10-18)17-12(2)19/h3-6,13,15H,7-10,16H2,1-2H3,(H,17,19). The topological polar surface area (TPSA) is 58.4 Å². The molecule has 0 aromatic heterocycles. The Bertz CT molecular complexity index is 447. The van der Waals surface area contributed by atoms with Gasteiger partial charge in [-0.3, -0.25) is 9.69 Å². The predicted octanol–water partition coefficient (Wildman–Crippen LogP) is 1.21. The van der Waals surface area contributed by atoms with Gasteiger partial charge in [0.25, 0.3) is 0 Å². The van der Waals surface area contributed by atoms with Gasteiger partial charge in [0, 0.05) is 38.6 Å². The number of nitrogens with zero attached hydrogens (tertiary/aromatic N) is 1. The summed E-state index contributed by atoms with van der Waals surface area (Å²) >= 11 is 0. The van der Waals surface area contributed by atoms with Crippen LogP contribution in [0.5, 0.6) is 0 Å². The van der Waals surface area contributed by atoms with Gasteiger partial charge in [-0.25, -0.2) is 0 Å². The molecule has 1 fully saturated rings. The van der Waals surface area contributed by atoms with Gasteiger partial charge in [0.1, 0.15) is 0 Å². The van der Waals surface area contributed by atoms with E-state index in [9.17, 15) is 4.79 Å². The maximum Gasteiger partial charge on any atom is 0.217 e. The summed E-state index contributed by atoms with van der Waals surface area (Å²) in [5.74, 6) is 0.0482. The molecule has 1 aromatic carbocycles. The molecule has 1 heterocycles. The lowest BCUT2D eigenvalue weighted by Gasteiger charge is -2.28. The Balaban J connectivity index is 2.08. The molecule has 104 valence electrons. The highest BCUT2D eigenvalue weighted by Crippen LogP contribution is 2.26. The molecule has 2 unspecified atom stereocenters. The predicted molar refractivity (Wildman–Crippen MR) is 76.8 cm³/mol. The summed E-state index contributed by atoms with van der Waals surface area (Å²) in [6.07, 6.45) is 1.00. The van der Waals surface area contributed by atoms with Crippen molar-refractivity contribution in [3.8, 4) is 0 Å². The Morgan fingerprint density at radius 3 is 2.89 bits per heavy atom. The van der Waals surface area contributed by atoms with E-state index in [0.717, 1.165) is 19.5 Å². The zero-order valence-corrected chi connectivity index (χ0v) is 11.7. The lowest BCUT2D eigenvalue weighted by molar-refractivity contribution is -0.119. The number of hydrogen-bond donors (Lipinski definition) is 2. The van der Waals surface area contributed by atoms with E-state index in [2.05, 4.69) is 41.4 Å². The number of carbonyl (C=O) groups excluding carboxylic acids is 1. The third-order valence-corrected chi connectivity index (χ3v) is 3.84. The molecule has 1 aliphatic rings. The van der Waals surface area contributed by atoms with Gasteiger partial charge in [-0.15, -0.1) is 0 Å². The lowest BCUT2D eigenvalue weighted by atomic mass is 10.0. The molecule has 1 amide bonds. The number of nitrogens with two attached hydrogens (primary N) is 1. The van der Waals surface area contributed by atoms with Crippen molar-refractivity contribution >= 4 is 5.91 Å². The number of rotatable bonds is 4. The second kappa shape index (κ2) is 6.17. The average Bonchev–Trinajstić information content (AvgIpc) is 2.80. The largest absolute Gasteiger partial charge is 0.352 e. The van der Waals surface area contributed by atoms with Gasteiger partial charge in [-0.1, -0.05) is 24.3 Å². The molecular formula is C15H23N3O. The Morgan fingerprint density at radius 1 is 1.53 bits per heavy atom. The second-order valence-corrected chi connectivity index (χ2v) is 5.29. The van der Waals surface area contributed by atoms with Crippen LogP contribution in [0.1, 0.15) is 30.5 Å². The van der Waals surface area contributed by atoms with Gasteiger partial charge in [0.2, 0.25) is 5.91 Å². The highest BCUT2D eigenvalue weighted by Gasteiger charge is 2.29. The Labute approximate surface area is 115 Å². The van der Waals surface area contributed by atoms with E-state index in [1.54, 1.807) is 6.92 Å². The summed E-state index contributed by atoms with van der Waals surface area (Å²) in [4.78, 5) is 13.5. The van der Waals surface area contributed by atoms with Gasteiger partial charge >= 0.3 is 0 Å². The van der Waals surface area contributed by atoms with E-state index in [4.69, 9.17) is 5.73 Å². The molecule has 1 saturated heterocycles. The lowest BCUT2D eigenvalue weighted by Crippen LogP contribution is -2.38. The van der Waals surface area contributed by atoms with Crippen LogP contribution in [-0.4, -0.2) is 36.5 Å². The number of amides is 1. The summed E-state index contributed by atoms with van der Waals surface area (Å²) in [6.45, 7) is 6.18. The number of carbonyl (C=O) groups is 1. The van der Waals surface area contributed by atoms with E-state index >= 15 is 0 Å². The van der Waals surface area contributed by atoms with Crippen molar-refractivity contribution in [1.82, 2.24) is 10.2 Å². The molecule has 2 rings (SSSR count). The summed E-state index contributed by atoms with van der Waals surface area (Å²) in [5, 5.41) is 3.00. The second-order valence-electron chi connectivity index (χ2n) is 5.29. The zero-order valence-electron chi connectivity index (χ0n) is 11.7. The third kappa shape index (κ3) is 3.33. The van der Waals surface area contributed by atoms with Crippen LogP contribution >= 0.6 is 0 Å². The van der Waals surface area contributed by atoms with Crippen molar-refractivity contribution in [2.24, 2.45) is 5.73 Å². The Kier molecular flexibility index (Phi) is 4.56. The van der Waals surface area contributed by atoms with Crippen LogP contribution in [0.25, 0.3) is 0 Å². The highest BCUT2D eigenvalue weighted by atomic mass is 16.1. The molecule has 0 bridgehead atoms. The monoisotopic (exact) mass is 261 g/mol. The highest BCUT2D eigenvalue weighted by molar-refractivity contribution is 5.73. The Hall–Kier alpha value is -1.39. The maximum atomic E-state index is 11.1. The fraction of sp³-hybridized carbons (Fsp3) is 0.533. The molecule has 0 aliphatic carbocycles. The normalized spacial score (nSPS) is 21.3. The minimum Gasteiger partial charge on any atom is -0.352 e. The Morgan fingerprint density at radius 2 is 2.26 bits per heavy atom. The van der Waals surface area contributed by atoms with Crippen LogP contribution in [-0.2, 0) is 4.79 Å². The van der Waals surface area contributed by atoms with Crippen LogP contribution in [0.15, 0.2) is 24.3 Å². The van der Waals surface area contributed by atoms with E-state index in [1.807, 2.05) is 0 Å². The molecule has 19 heavy (non-hydrogen) atoms. The van der Waals surface area contributed by atoms with Crippen LogP contribution in [0.2, 0.25) is 0 Å². The van der Waals surface area contributed by atoms with Gasteiger partial charge in [-0.2, -0.15) is 0 Å². The van der Waals surface area contributed by atoms with Crippen molar-refractivity contribution in [3.05, 3.63) is 35.4 Å². The van der Waals surface area contributed by atoms with Gasteiger partial charge in [0.15, 0.2) is 0 Å². The quantitative estimate of drug-likeness (QED) is 0.856. The smallest absolute Gasteiger partial charge is 0.217 e. The van der Waals surface area contributed by atoms with Gasteiger partial charge in [0.05, 0.1) is 0 Å². The average molecular weight is 261 g/mol. The molecule has 3 N–H and O–H groups in total. The summed E-state index contributed by atoms with van der Waals surface area (Å²) in [6, 6.07) is 8.90. The van der Waals surface area contributed by atoms with E-state index in [-0.39, 0.29) is 18.0 Å². The van der Waals surface area contributed by atoms with Crippen LogP contribution < -0.4 is 11.1 Å². The number of benzene rings is 1. The first kappa shape index (κ1) is 14.0. The molecule has 2 atom stereocenters. The molecule has 1 aliphatic heterocycles. The zero-order chi connectivity index (χ0) is 13.8. The van der Waals surface area contributed by atoms with E-state index in [0.29, 0.717) is 6.54 Å². The van der Waals surface area contributed by atoms with Crippen LogP contribution in [0, 0.1) is 6.92 Å². The minimum absolute atomic E-state index is 0.0482. The summed E-state index contributed by atoms with van der Waals surface area (Å²) in [5.41, 5.74) is 8.55. The maximum absolute atomic E-state index is 11.1. The number of aryl methyl sites for hydroxylation is 1. The molecule has 4 nitrogen and oxygen atoms in total. The summed E-state index contributed by atoms with van der Waals surface area (Å²) in [7, 11) is 0. The number of likely N-dealkylation sites (tertiary alicyclic amines) is 1. The fourth-order valence-corrected chi connectivity index (χ4v) is 2.91. The number of nitrogens with one attached hydrogen (secondary N) is 1. The van der Waals surface area contributed by atoms with Crippen molar-refractivity contribution in [2.45, 2.75) is 32.4 Å². The molecular weight excluding hydrogens is 238 g/mol. The van der Waals surface area contributed by atoms with E-state index < -0.39 is 0 Å². The van der Waals surface area contributed by atoms with Crippen molar-refractivity contribution in [2.75, 3.05) is 19.6 Å². The first-order chi connectivity index (χ1) is 9.11. The molecule has 1 aromatic rings. The molecule has 0 spiro atoms. The van der Waals surface area contributed by atoms with Crippen LogP contribution in [0.3, 0.4) is 0 Å². The van der Waals surface area contributed by atoms with E-state index in [1.165, 1.54) is 11.1 Å². The van der Waals surface area contributed by atoms with Gasteiger partial charge < -0.3 is 11.1 Å². The van der Waals surface area contributed by atoms with Crippen molar-refractivity contribution in [3.63, 3.8) is 0 Å². The van der Waals surface area contributed by atoms with Crippen LogP contribution in [0.4, 0.5) is 0 Å². The number of hydrogen-bond acceptors (Lipinski definition) is 3. The van der Waals surface area contributed by atoms with Gasteiger partial charge in [-0.05, 0) is 24.5 Å². The SMILES string of the molecule is CC(=O)NC1CCN(C(CN)c2ccccc2C)C1. The van der Waals surface area contributed by atoms with Crippen molar-refractivity contribution in [1.29, 1.82) is 0 Å². The molecule has 0 saturated carbocycles.